The number of hydrogen-bond acceptors (Lipinski definition) is 1. The van der Waals surface area contributed by atoms with E-state index in [2.05, 4.69) is 89.8 Å². The summed E-state index contributed by atoms with van der Waals surface area (Å²) in [6.07, 6.45) is 1.36. The van der Waals surface area contributed by atoms with Gasteiger partial charge in [-0.05, 0) is 0 Å². The third-order valence-corrected chi connectivity index (χ3v) is 9.48. The molecule has 3 aromatic rings. The predicted octanol–water partition coefficient (Wildman–Crippen LogP) is 5.11. The van der Waals surface area contributed by atoms with Crippen molar-refractivity contribution in [3.63, 3.8) is 0 Å². The molecule has 136 valence electrons. The Morgan fingerprint density at radius 2 is 1.56 bits per heavy atom. The van der Waals surface area contributed by atoms with Crippen molar-refractivity contribution in [2.45, 2.75) is 23.3 Å². The SMILES string of the molecule is Clc1ccc([C@@H]2N(Cc3ccccc3)C[C@@H]3C[C@@]32[Se]c2ccccc2)cc1. The molecule has 3 atom stereocenters. The molecule has 1 aliphatic carbocycles. The molecule has 0 bridgehead atoms. The molecule has 0 radical (unpaired) electrons. The van der Waals surface area contributed by atoms with E-state index in [-0.39, 0.29) is 0 Å². The summed E-state index contributed by atoms with van der Waals surface area (Å²) < 4.78 is 1.95. The summed E-state index contributed by atoms with van der Waals surface area (Å²) in [7, 11) is 0. The van der Waals surface area contributed by atoms with E-state index < -0.39 is 0 Å². The van der Waals surface area contributed by atoms with Crippen molar-refractivity contribution in [2.24, 2.45) is 5.92 Å². The van der Waals surface area contributed by atoms with Gasteiger partial charge in [-0.15, -0.1) is 0 Å². The third-order valence-electron chi connectivity index (χ3n) is 5.84. The maximum atomic E-state index is 6.19. The summed E-state index contributed by atoms with van der Waals surface area (Å²) in [6.45, 7) is 2.23. The molecule has 1 aliphatic heterocycles. The van der Waals surface area contributed by atoms with E-state index in [4.69, 9.17) is 11.6 Å². The molecule has 1 heterocycles. The molecule has 1 nitrogen and oxygen atoms in total. The van der Waals surface area contributed by atoms with Crippen LogP contribution in [0.1, 0.15) is 23.6 Å². The third kappa shape index (κ3) is 3.37. The Morgan fingerprint density at radius 3 is 2.26 bits per heavy atom. The monoisotopic (exact) mass is 439 g/mol. The van der Waals surface area contributed by atoms with Crippen molar-refractivity contribution in [3.05, 3.63) is 101 Å². The summed E-state index contributed by atoms with van der Waals surface area (Å²) in [5.41, 5.74) is 2.83. The van der Waals surface area contributed by atoms with E-state index in [0.717, 1.165) is 17.5 Å². The standard InChI is InChI=1S/C24H22ClNSe/c25-21-13-11-19(12-14-21)23-24(27-22-9-5-2-6-10-22)15-20(24)17-26(23)16-18-7-3-1-4-8-18/h1-14,20,23H,15-17H2/t20-,23-,24+/m0/s1. The average Bonchev–Trinajstić information content (AvgIpc) is 3.29. The summed E-state index contributed by atoms with van der Waals surface area (Å²) >= 11 is 6.67. The van der Waals surface area contributed by atoms with Crippen LogP contribution in [0, 0.1) is 5.92 Å². The Hall–Kier alpha value is -1.57. The van der Waals surface area contributed by atoms with Gasteiger partial charge in [0.2, 0.25) is 0 Å². The first kappa shape index (κ1) is 17.5. The number of rotatable bonds is 5. The molecule has 0 N–H and O–H groups in total. The topological polar surface area (TPSA) is 3.24 Å². The quantitative estimate of drug-likeness (QED) is 0.501. The molecule has 1 saturated heterocycles. The Labute approximate surface area is 172 Å². The molecule has 1 saturated carbocycles. The fourth-order valence-electron chi connectivity index (χ4n) is 4.58. The first-order valence-electron chi connectivity index (χ1n) is 9.52. The fourth-order valence-corrected chi connectivity index (χ4v) is 8.18. The second kappa shape index (κ2) is 7.11. The van der Waals surface area contributed by atoms with Crippen LogP contribution in [-0.2, 0) is 6.54 Å². The van der Waals surface area contributed by atoms with E-state index in [1.807, 2.05) is 0 Å². The molecule has 27 heavy (non-hydrogen) atoms. The predicted molar refractivity (Wildman–Crippen MR) is 114 cm³/mol. The molecule has 3 heteroatoms. The summed E-state index contributed by atoms with van der Waals surface area (Å²) in [4.78, 5) is 2.71. The van der Waals surface area contributed by atoms with Gasteiger partial charge in [-0.25, -0.2) is 0 Å². The van der Waals surface area contributed by atoms with Crippen LogP contribution in [0.4, 0.5) is 0 Å². The van der Waals surface area contributed by atoms with Crippen LogP contribution in [0.3, 0.4) is 0 Å². The van der Waals surface area contributed by atoms with Crippen LogP contribution in [0.25, 0.3) is 0 Å². The molecule has 0 amide bonds. The second-order valence-corrected chi connectivity index (χ2v) is 11.1. The molecule has 2 fully saturated rings. The first-order valence-corrected chi connectivity index (χ1v) is 11.6. The van der Waals surface area contributed by atoms with Crippen molar-refractivity contribution in [3.8, 4) is 0 Å². The van der Waals surface area contributed by atoms with Crippen molar-refractivity contribution >= 4 is 31.0 Å². The molecule has 0 aromatic heterocycles. The van der Waals surface area contributed by atoms with Crippen LogP contribution in [0.5, 0.6) is 0 Å². The van der Waals surface area contributed by atoms with Crippen molar-refractivity contribution in [1.29, 1.82) is 0 Å². The van der Waals surface area contributed by atoms with Crippen molar-refractivity contribution in [1.82, 2.24) is 4.90 Å². The average molecular weight is 439 g/mol. The van der Waals surface area contributed by atoms with E-state index in [9.17, 15) is 0 Å². The van der Waals surface area contributed by atoms with Gasteiger partial charge >= 0.3 is 173 Å². The van der Waals surface area contributed by atoms with Crippen LogP contribution in [0.2, 0.25) is 9.34 Å². The van der Waals surface area contributed by atoms with E-state index in [0.29, 0.717) is 25.3 Å². The Kier molecular flexibility index (Phi) is 4.61. The number of likely N-dealkylation sites (tertiary alicyclic amines) is 1. The molecular formula is C24H22ClNSe. The molecule has 5 rings (SSSR count). The number of fused-ring (bicyclic) bond motifs is 1. The number of hydrogen-bond donors (Lipinski definition) is 0. The van der Waals surface area contributed by atoms with Crippen LogP contribution >= 0.6 is 11.6 Å². The molecular weight excluding hydrogens is 417 g/mol. The zero-order valence-electron chi connectivity index (χ0n) is 15.1. The Balaban J connectivity index is 1.49. The Morgan fingerprint density at radius 1 is 0.889 bits per heavy atom. The zero-order chi connectivity index (χ0) is 18.3. The van der Waals surface area contributed by atoms with Crippen molar-refractivity contribution < 1.29 is 0 Å². The van der Waals surface area contributed by atoms with Gasteiger partial charge in [0, 0.05) is 0 Å². The van der Waals surface area contributed by atoms with Gasteiger partial charge in [0.1, 0.15) is 0 Å². The van der Waals surface area contributed by atoms with Gasteiger partial charge in [0.05, 0.1) is 0 Å². The number of piperidine rings is 1. The second-order valence-electron chi connectivity index (χ2n) is 7.64. The molecule has 0 unspecified atom stereocenters. The van der Waals surface area contributed by atoms with E-state index >= 15 is 0 Å². The maximum absolute atomic E-state index is 6.19. The van der Waals surface area contributed by atoms with E-state index in [1.165, 1.54) is 28.6 Å². The van der Waals surface area contributed by atoms with E-state index in [1.54, 1.807) is 0 Å². The summed E-state index contributed by atoms with van der Waals surface area (Å²) in [6, 6.07) is 31.1. The van der Waals surface area contributed by atoms with Crippen LogP contribution in [-0.4, -0.2) is 26.4 Å². The van der Waals surface area contributed by atoms with Crippen LogP contribution in [0.15, 0.2) is 84.9 Å². The normalized spacial score (nSPS) is 26.7. The van der Waals surface area contributed by atoms with Crippen LogP contribution < -0.4 is 4.46 Å². The van der Waals surface area contributed by atoms with Gasteiger partial charge in [0.15, 0.2) is 0 Å². The summed E-state index contributed by atoms with van der Waals surface area (Å²) in [5, 5.41) is 0.821. The minimum absolute atomic E-state index is 0.428. The minimum atomic E-state index is 0.428. The number of halogens is 1. The number of nitrogens with zero attached hydrogens (tertiary/aromatic N) is 1. The molecule has 0 spiro atoms. The van der Waals surface area contributed by atoms with Gasteiger partial charge in [-0.1, -0.05) is 0 Å². The van der Waals surface area contributed by atoms with Gasteiger partial charge in [-0.3, -0.25) is 0 Å². The van der Waals surface area contributed by atoms with Gasteiger partial charge in [0.25, 0.3) is 0 Å². The first-order chi connectivity index (χ1) is 13.2. The van der Waals surface area contributed by atoms with Gasteiger partial charge < -0.3 is 0 Å². The van der Waals surface area contributed by atoms with Crippen molar-refractivity contribution in [2.75, 3.05) is 6.54 Å². The fraction of sp³-hybridized carbons (Fsp3) is 0.250. The summed E-state index contributed by atoms with van der Waals surface area (Å²) in [5.74, 6) is 0.821. The molecule has 2 aliphatic rings. The molecule has 3 aromatic carbocycles. The zero-order valence-corrected chi connectivity index (χ0v) is 17.6. The Bertz CT molecular complexity index is 912. The van der Waals surface area contributed by atoms with Gasteiger partial charge in [-0.2, -0.15) is 0 Å². The number of benzene rings is 3.